The van der Waals surface area contributed by atoms with Gasteiger partial charge in [-0.05, 0) is 85.3 Å². The number of benzene rings is 4. The number of rotatable bonds is 11. The van der Waals surface area contributed by atoms with E-state index < -0.39 is 17.6 Å². The van der Waals surface area contributed by atoms with Crippen molar-refractivity contribution < 1.29 is 23.5 Å². The molecule has 6 nitrogen and oxygen atoms in total. The van der Waals surface area contributed by atoms with Crippen LogP contribution in [0.4, 0.5) is 10.1 Å². The standard InChI is InChI=1S/C32H27FN2O4S/c1-2-39-27-17-11-22(12-18-27)19-29(35-31(37)24-7-4-3-5-8-24)32(38)34-26-9-6-10-28(20-26)40-21-30(36)23-13-15-25(33)16-14-23/h3-20H,2,21H2,1H3,(H,34,38)(H,35,37)/b29-19-. The largest absolute Gasteiger partial charge is 0.494 e. The maximum Gasteiger partial charge on any atom is 0.272 e. The van der Waals surface area contributed by atoms with E-state index in [0.717, 1.165) is 4.90 Å². The molecule has 0 saturated carbocycles. The highest BCUT2D eigenvalue weighted by molar-refractivity contribution is 8.00. The summed E-state index contributed by atoms with van der Waals surface area (Å²) in [6.45, 7) is 2.43. The first kappa shape index (κ1) is 28.3. The normalized spacial score (nSPS) is 11.0. The van der Waals surface area contributed by atoms with Crippen molar-refractivity contribution in [2.24, 2.45) is 0 Å². The van der Waals surface area contributed by atoms with E-state index in [1.54, 1.807) is 78.9 Å². The Morgan fingerprint density at radius 2 is 1.57 bits per heavy atom. The summed E-state index contributed by atoms with van der Waals surface area (Å²) in [6.07, 6.45) is 1.59. The lowest BCUT2D eigenvalue weighted by molar-refractivity contribution is -0.113. The van der Waals surface area contributed by atoms with Gasteiger partial charge in [0, 0.05) is 21.7 Å². The van der Waals surface area contributed by atoms with E-state index in [0.29, 0.717) is 34.7 Å². The smallest absolute Gasteiger partial charge is 0.272 e. The minimum atomic E-state index is -0.511. The fourth-order valence-corrected chi connectivity index (χ4v) is 4.52. The number of amides is 2. The first-order valence-corrected chi connectivity index (χ1v) is 13.5. The van der Waals surface area contributed by atoms with E-state index in [9.17, 15) is 18.8 Å². The average Bonchev–Trinajstić information content (AvgIpc) is 2.97. The third-order valence-corrected chi connectivity index (χ3v) is 6.65. The van der Waals surface area contributed by atoms with Gasteiger partial charge in [0.05, 0.1) is 12.4 Å². The molecule has 4 aromatic rings. The van der Waals surface area contributed by atoms with Crippen LogP contribution in [0.15, 0.2) is 114 Å². The van der Waals surface area contributed by atoms with Crippen LogP contribution < -0.4 is 15.4 Å². The minimum Gasteiger partial charge on any atom is -0.494 e. The molecular formula is C32H27FN2O4S. The number of hydrogen-bond acceptors (Lipinski definition) is 5. The molecule has 0 unspecified atom stereocenters. The summed E-state index contributed by atoms with van der Waals surface area (Å²) in [5.41, 5.74) is 2.10. The number of carbonyl (C=O) groups excluding carboxylic acids is 3. The number of hydrogen-bond donors (Lipinski definition) is 2. The van der Waals surface area contributed by atoms with Crippen molar-refractivity contribution >= 4 is 41.1 Å². The van der Waals surface area contributed by atoms with Gasteiger partial charge in [0.15, 0.2) is 5.78 Å². The summed E-state index contributed by atoms with van der Waals surface area (Å²) in [6, 6.07) is 28.3. The lowest BCUT2D eigenvalue weighted by atomic mass is 10.1. The molecule has 0 fully saturated rings. The molecule has 0 saturated heterocycles. The first-order chi connectivity index (χ1) is 19.4. The fourth-order valence-electron chi connectivity index (χ4n) is 3.67. The lowest BCUT2D eigenvalue weighted by Crippen LogP contribution is -2.30. The van der Waals surface area contributed by atoms with Crippen molar-refractivity contribution in [3.8, 4) is 5.75 Å². The van der Waals surface area contributed by atoms with Crippen LogP contribution in [0.25, 0.3) is 6.08 Å². The second-order valence-corrected chi connectivity index (χ2v) is 9.63. The number of nitrogens with one attached hydrogen (secondary N) is 2. The molecule has 0 aliphatic rings. The van der Waals surface area contributed by atoms with Gasteiger partial charge >= 0.3 is 0 Å². The molecular weight excluding hydrogens is 527 g/mol. The van der Waals surface area contributed by atoms with Gasteiger partial charge in [0.2, 0.25) is 0 Å². The zero-order valence-electron chi connectivity index (χ0n) is 21.7. The zero-order valence-corrected chi connectivity index (χ0v) is 22.5. The highest BCUT2D eigenvalue weighted by atomic mass is 32.2. The summed E-state index contributed by atoms with van der Waals surface area (Å²) >= 11 is 1.30. The van der Waals surface area contributed by atoms with Crippen LogP contribution in [0, 0.1) is 5.82 Å². The predicted octanol–water partition coefficient (Wildman–Crippen LogP) is 6.61. The van der Waals surface area contributed by atoms with E-state index in [1.165, 1.54) is 36.0 Å². The monoisotopic (exact) mass is 554 g/mol. The molecule has 2 N–H and O–H groups in total. The molecule has 2 amide bonds. The van der Waals surface area contributed by atoms with Crippen LogP contribution in [0.1, 0.15) is 33.2 Å². The molecule has 0 aliphatic heterocycles. The third-order valence-electron chi connectivity index (χ3n) is 5.66. The Hall–Kier alpha value is -4.69. The van der Waals surface area contributed by atoms with Gasteiger partial charge in [-0.1, -0.05) is 36.4 Å². The molecule has 0 aliphatic carbocycles. The van der Waals surface area contributed by atoms with Crippen molar-refractivity contribution in [2.45, 2.75) is 11.8 Å². The van der Waals surface area contributed by atoms with Crippen molar-refractivity contribution in [3.05, 3.63) is 131 Å². The van der Waals surface area contributed by atoms with Crippen LogP contribution >= 0.6 is 11.8 Å². The molecule has 0 aromatic heterocycles. The van der Waals surface area contributed by atoms with E-state index in [4.69, 9.17) is 4.74 Å². The number of thioether (sulfide) groups is 1. The van der Waals surface area contributed by atoms with Crippen molar-refractivity contribution in [1.82, 2.24) is 5.32 Å². The van der Waals surface area contributed by atoms with Crippen LogP contribution in [0.3, 0.4) is 0 Å². The van der Waals surface area contributed by atoms with Gasteiger partial charge in [-0.25, -0.2) is 4.39 Å². The number of halogens is 1. The molecule has 0 bridgehead atoms. The van der Waals surface area contributed by atoms with E-state index in [1.807, 2.05) is 13.0 Å². The Bertz CT molecular complexity index is 1500. The number of Topliss-reactive ketones (excluding diaryl/α,β-unsaturated/α-hetero) is 1. The number of anilines is 1. The van der Waals surface area contributed by atoms with Crippen molar-refractivity contribution in [1.29, 1.82) is 0 Å². The van der Waals surface area contributed by atoms with Gasteiger partial charge in [0.25, 0.3) is 11.8 Å². The Morgan fingerprint density at radius 1 is 0.850 bits per heavy atom. The summed E-state index contributed by atoms with van der Waals surface area (Å²) in [5.74, 6) is -0.614. The molecule has 0 atom stereocenters. The van der Waals surface area contributed by atoms with Gasteiger partial charge < -0.3 is 15.4 Å². The third kappa shape index (κ3) is 8.15. The predicted molar refractivity (Wildman–Crippen MR) is 156 cm³/mol. The Balaban J connectivity index is 1.49. The summed E-state index contributed by atoms with van der Waals surface area (Å²) < 4.78 is 18.6. The fraction of sp³-hybridized carbons (Fsp3) is 0.0938. The van der Waals surface area contributed by atoms with Gasteiger partial charge in [-0.3, -0.25) is 14.4 Å². The Morgan fingerprint density at radius 3 is 2.27 bits per heavy atom. The van der Waals surface area contributed by atoms with Crippen LogP contribution in [0.2, 0.25) is 0 Å². The number of carbonyl (C=O) groups is 3. The molecule has 0 heterocycles. The molecule has 40 heavy (non-hydrogen) atoms. The van der Waals surface area contributed by atoms with Gasteiger partial charge in [-0.15, -0.1) is 11.8 Å². The van der Waals surface area contributed by atoms with E-state index in [-0.39, 0.29) is 17.2 Å². The highest BCUT2D eigenvalue weighted by Crippen LogP contribution is 2.23. The molecule has 0 spiro atoms. The summed E-state index contributed by atoms with van der Waals surface area (Å²) in [4.78, 5) is 39.4. The summed E-state index contributed by atoms with van der Waals surface area (Å²) in [5, 5.41) is 5.55. The lowest BCUT2D eigenvalue weighted by Gasteiger charge is -2.12. The SMILES string of the molecule is CCOc1ccc(/C=C(\NC(=O)c2ccccc2)C(=O)Nc2cccc(SCC(=O)c3ccc(F)cc3)c2)cc1. The second-order valence-electron chi connectivity index (χ2n) is 8.58. The van der Waals surface area contributed by atoms with E-state index in [2.05, 4.69) is 10.6 Å². The maximum absolute atomic E-state index is 13.3. The molecule has 8 heteroatoms. The van der Waals surface area contributed by atoms with Crippen LogP contribution in [-0.4, -0.2) is 30.0 Å². The van der Waals surface area contributed by atoms with Gasteiger partial charge in [0.1, 0.15) is 17.3 Å². The van der Waals surface area contributed by atoms with Crippen LogP contribution in [-0.2, 0) is 4.79 Å². The van der Waals surface area contributed by atoms with Crippen molar-refractivity contribution in [2.75, 3.05) is 17.7 Å². The van der Waals surface area contributed by atoms with Crippen LogP contribution in [0.5, 0.6) is 5.75 Å². The number of ketones is 1. The molecule has 4 rings (SSSR count). The second kappa shape index (κ2) is 13.9. The topological polar surface area (TPSA) is 84.5 Å². The first-order valence-electron chi connectivity index (χ1n) is 12.5. The number of ether oxygens (including phenoxy) is 1. The van der Waals surface area contributed by atoms with Crippen molar-refractivity contribution in [3.63, 3.8) is 0 Å². The highest BCUT2D eigenvalue weighted by Gasteiger charge is 2.16. The Labute approximate surface area is 236 Å². The van der Waals surface area contributed by atoms with Gasteiger partial charge in [-0.2, -0.15) is 0 Å². The molecule has 202 valence electrons. The average molecular weight is 555 g/mol. The summed E-state index contributed by atoms with van der Waals surface area (Å²) in [7, 11) is 0. The quantitative estimate of drug-likeness (QED) is 0.124. The minimum absolute atomic E-state index is 0.0579. The molecule has 4 aromatic carbocycles. The maximum atomic E-state index is 13.3. The molecule has 0 radical (unpaired) electrons. The Kier molecular flexibility index (Phi) is 9.85. The zero-order chi connectivity index (χ0) is 28.3. The van der Waals surface area contributed by atoms with E-state index >= 15 is 0 Å².